The van der Waals surface area contributed by atoms with E-state index in [0.717, 1.165) is 17.8 Å². The summed E-state index contributed by atoms with van der Waals surface area (Å²) in [5, 5.41) is 15.7. The predicted octanol–water partition coefficient (Wildman–Crippen LogP) is 1.30. The monoisotopic (exact) mass is 243 g/mol. The minimum Gasteiger partial charge on any atom is -0.508 e. The van der Waals surface area contributed by atoms with Crippen molar-refractivity contribution < 1.29 is 5.11 Å². The first-order valence-electron chi connectivity index (χ1n) is 5.75. The number of phenols is 1. The fourth-order valence-electron chi connectivity index (χ4n) is 2.32. The molecule has 0 amide bonds. The SMILES string of the molecule is Cc1c(N2Cc3ccc(O)cc3C2)cn[nH]c1=O. The van der Waals surface area contributed by atoms with E-state index in [1.807, 2.05) is 6.07 Å². The van der Waals surface area contributed by atoms with E-state index in [1.54, 1.807) is 25.3 Å². The van der Waals surface area contributed by atoms with E-state index in [0.29, 0.717) is 12.1 Å². The van der Waals surface area contributed by atoms with Crippen molar-refractivity contribution in [2.45, 2.75) is 20.0 Å². The molecule has 92 valence electrons. The highest BCUT2D eigenvalue weighted by Crippen LogP contribution is 2.30. The third-order valence-corrected chi connectivity index (χ3v) is 3.33. The number of nitrogens with one attached hydrogen (secondary N) is 1. The topological polar surface area (TPSA) is 69.2 Å². The average Bonchev–Trinajstić information content (AvgIpc) is 2.75. The Labute approximate surface area is 104 Å². The molecule has 1 aromatic heterocycles. The number of hydrogen-bond donors (Lipinski definition) is 2. The normalized spacial score (nSPS) is 13.7. The minimum atomic E-state index is -0.161. The van der Waals surface area contributed by atoms with Gasteiger partial charge in [-0.3, -0.25) is 4.79 Å². The molecule has 0 aliphatic carbocycles. The lowest BCUT2D eigenvalue weighted by Gasteiger charge is -2.18. The van der Waals surface area contributed by atoms with Gasteiger partial charge in [-0.1, -0.05) is 6.07 Å². The summed E-state index contributed by atoms with van der Waals surface area (Å²) in [7, 11) is 0. The maximum absolute atomic E-state index is 11.5. The number of H-pyrrole nitrogens is 1. The lowest BCUT2D eigenvalue weighted by molar-refractivity contribution is 0.474. The number of phenolic OH excluding ortho intramolecular Hbond substituents is 1. The molecule has 1 aromatic carbocycles. The van der Waals surface area contributed by atoms with Gasteiger partial charge in [0.25, 0.3) is 5.56 Å². The molecule has 5 nitrogen and oxygen atoms in total. The molecular weight excluding hydrogens is 230 g/mol. The van der Waals surface area contributed by atoms with Crippen LogP contribution in [0.5, 0.6) is 5.75 Å². The van der Waals surface area contributed by atoms with Crippen molar-refractivity contribution in [2.75, 3.05) is 4.90 Å². The minimum absolute atomic E-state index is 0.161. The standard InChI is InChI=1S/C13H13N3O2/c1-8-12(5-14-15-13(8)18)16-6-9-2-3-11(17)4-10(9)7-16/h2-5,17H,6-7H2,1H3,(H,15,18). The van der Waals surface area contributed by atoms with Crippen LogP contribution < -0.4 is 10.5 Å². The number of aromatic nitrogens is 2. The highest BCUT2D eigenvalue weighted by molar-refractivity contribution is 5.55. The predicted molar refractivity (Wildman–Crippen MR) is 67.6 cm³/mol. The second kappa shape index (κ2) is 3.87. The zero-order valence-electron chi connectivity index (χ0n) is 9.97. The zero-order chi connectivity index (χ0) is 12.7. The molecule has 2 aromatic rings. The van der Waals surface area contributed by atoms with E-state index in [4.69, 9.17) is 0 Å². The van der Waals surface area contributed by atoms with Crippen LogP contribution in [0.25, 0.3) is 0 Å². The molecule has 0 bridgehead atoms. The first kappa shape index (κ1) is 10.8. The molecule has 1 aliphatic rings. The Morgan fingerprint density at radius 3 is 2.94 bits per heavy atom. The number of anilines is 1. The van der Waals surface area contributed by atoms with Crippen LogP contribution in [0.2, 0.25) is 0 Å². The van der Waals surface area contributed by atoms with Crippen molar-refractivity contribution in [2.24, 2.45) is 0 Å². The highest BCUT2D eigenvalue weighted by Gasteiger charge is 2.21. The number of fused-ring (bicyclic) bond motifs is 1. The van der Waals surface area contributed by atoms with E-state index in [2.05, 4.69) is 15.1 Å². The number of rotatable bonds is 1. The molecule has 0 radical (unpaired) electrons. The smallest absolute Gasteiger partial charge is 0.269 e. The van der Waals surface area contributed by atoms with Crippen LogP contribution in [0.15, 0.2) is 29.2 Å². The van der Waals surface area contributed by atoms with E-state index in [-0.39, 0.29) is 11.3 Å². The first-order valence-corrected chi connectivity index (χ1v) is 5.75. The number of nitrogens with zero attached hydrogens (tertiary/aromatic N) is 2. The Morgan fingerprint density at radius 2 is 2.11 bits per heavy atom. The van der Waals surface area contributed by atoms with Crippen LogP contribution in [-0.4, -0.2) is 15.3 Å². The lowest BCUT2D eigenvalue weighted by Crippen LogP contribution is -2.21. The Hall–Kier alpha value is -2.30. The van der Waals surface area contributed by atoms with Crippen molar-refractivity contribution >= 4 is 5.69 Å². The van der Waals surface area contributed by atoms with Crippen molar-refractivity contribution in [1.29, 1.82) is 0 Å². The Kier molecular flexibility index (Phi) is 2.33. The molecule has 3 rings (SSSR count). The molecule has 1 aliphatic heterocycles. The fraction of sp³-hybridized carbons (Fsp3) is 0.231. The van der Waals surface area contributed by atoms with Gasteiger partial charge in [-0.05, 0) is 30.2 Å². The van der Waals surface area contributed by atoms with E-state index in [9.17, 15) is 9.90 Å². The molecule has 18 heavy (non-hydrogen) atoms. The van der Waals surface area contributed by atoms with Gasteiger partial charge >= 0.3 is 0 Å². The molecule has 2 N–H and O–H groups in total. The zero-order valence-corrected chi connectivity index (χ0v) is 9.97. The van der Waals surface area contributed by atoms with Gasteiger partial charge in [0.2, 0.25) is 0 Å². The molecule has 2 heterocycles. The highest BCUT2D eigenvalue weighted by atomic mass is 16.3. The van der Waals surface area contributed by atoms with Crippen LogP contribution in [0.1, 0.15) is 16.7 Å². The van der Waals surface area contributed by atoms with Crippen LogP contribution in [-0.2, 0) is 13.1 Å². The molecule has 5 heteroatoms. The maximum atomic E-state index is 11.5. The summed E-state index contributed by atoms with van der Waals surface area (Å²) < 4.78 is 0. The Morgan fingerprint density at radius 1 is 1.33 bits per heavy atom. The molecule has 0 spiro atoms. The van der Waals surface area contributed by atoms with Gasteiger partial charge < -0.3 is 10.0 Å². The van der Waals surface area contributed by atoms with E-state index >= 15 is 0 Å². The van der Waals surface area contributed by atoms with E-state index in [1.165, 1.54) is 5.56 Å². The Balaban J connectivity index is 1.99. The summed E-state index contributed by atoms with van der Waals surface area (Å²) in [6, 6.07) is 5.37. The number of aromatic amines is 1. The molecule has 0 unspecified atom stereocenters. The molecule has 0 fully saturated rings. The lowest BCUT2D eigenvalue weighted by atomic mass is 10.1. The fourth-order valence-corrected chi connectivity index (χ4v) is 2.32. The van der Waals surface area contributed by atoms with E-state index < -0.39 is 0 Å². The molecular formula is C13H13N3O2. The molecule has 0 saturated heterocycles. The van der Waals surface area contributed by atoms with Gasteiger partial charge in [-0.25, -0.2) is 5.10 Å². The van der Waals surface area contributed by atoms with Crippen molar-refractivity contribution in [1.82, 2.24) is 10.2 Å². The van der Waals surface area contributed by atoms with Crippen LogP contribution in [0.4, 0.5) is 5.69 Å². The van der Waals surface area contributed by atoms with Crippen LogP contribution >= 0.6 is 0 Å². The summed E-state index contributed by atoms with van der Waals surface area (Å²) in [6.45, 7) is 3.22. The van der Waals surface area contributed by atoms with Crippen LogP contribution in [0, 0.1) is 6.92 Å². The van der Waals surface area contributed by atoms with Crippen molar-refractivity contribution in [3.8, 4) is 5.75 Å². The van der Waals surface area contributed by atoms with Gasteiger partial charge in [0.15, 0.2) is 0 Å². The largest absolute Gasteiger partial charge is 0.508 e. The number of aromatic hydroxyl groups is 1. The molecule has 0 saturated carbocycles. The summed E-state index contributed by atoms with van der Waals surface area (Å²) in [4.78, 5) is 13.6. The molecule has 0 atom stereocenters. The first-order chi connectivity index (χ1) is 8.65. The van der Waals surface area contributed by atoms with Gasteiger partial charge in [-0.2, -0.15) is 5.10 Å². The number of hydrogen-bond acceptors (Lipinski definition) is 4. The van der Waals surface area contributed by atoms with Gasteiger partial charge in [0, 0.05) is 18.7 Å². The summed E-state index contributed by atoms with van der Waals surface area (Å²) in [5.74, 6) is 0.274. The average molecular weight is 243 g/mol. The summed E-state index contributed by atoms with van der Waals surface area (Å²) in [5.41, 5.74) is 3.62. The number of benzene rings is 1. The summed E-state index contributed by atoms with van der Waals surface area (Å²) >= 11 is 0. The second-order valence-corrected chi connectivity index (χ2v) is 4.52. The van der Waals surface area contributed by atoms with Gasteiger partial charge in [0.05, 0.1) is 11.9 Å². The second-order valence-electron chi connectivity index (χ2n) is 4.52. The van der Waals surface area contributed by atoms with Crippen LogP contribution in [0.3, 0.4) is 0 Å². The van der Waals surface area contributed by atoms with Gasteiger partial charge in [0.1, 0.15) is 5.75 Å². The Bertz CT molecular complexity index is 664. The van der Waals surface area contributed by atoms with Crippen molar-refractivity contribution in [3.63, 3.8) is 0 Å². The maximum Gasteiger partial charge on any atom is 0.269 e. The third-order valence-electron chi connectivity index (χ3n) is 3.33. The summed E-state index contributed by atoms with van der Waals surface area (Å²) in [6.07, 6.45) is 1.67. The van der Waals surface area contributed by atoms with Crippen molar-refractivity contribution in [3.05, 3.63) is 51.4 Å². The quantitative estimate of drug-likeness (QED) is 0.792. The van der Waals surface area contributed by atoms with Gasteiger partial charge in [-0.15, -0.1) is 0 Å². The third kappa shape index (κ3) is 1.64.